The molecule has 0 fully saturated rings. The third-order valence-electron chi connectivity index (χ3n) is 4.22. The number of hydrogen-bond donors (Lipinski definition) is 2. The first-order valence-corrected chi connectivity index (χ1v) is 8.52. The molecule has 1 heterocycles. The Morgan fingerprint density at radius 3 is 2.69 bits per heavy atom. The molecule has 0 saturated heterocycles. The minimum absolute atomic E-state index is 0.160. The number of benzene rings is 2. The third kappa shape index (κ3) is 3.86. The van der Waals surface area contributed by atoms with Crippen LogP contribution in [0.15, 0.2) is 36.4 Å². The lowest BCUT2D eigenvalue weighted by molar-refractivity contribution is 0.0961. The fourth-order valence-electron chi connectivity index (χ4n) is 2.92. The van der Waals surface area contributed by atoms with Gasteiger partial charge in [-0.3, -0.25) is 9.59 Å². The zero-order valence-electron chi connectivity index (χ0n) is 14.6. The number of aryl methyl sites for hydroxylation is 1. The van der Waals surface area contributed by atoms with Crippen LogP contribution in [0.2, 0.25) is 0 Å². The molecule has 0 spiro atoms. The molecule has 0 radical (unpaired) electrons. The van der Waals surface area contributed by atoms with Gasteiger partial charge in [0.1, 0.15) is 5.75 Å². The van der Waals surface area contributed by atoms with E-state index in [0.717, 1.165) is 30.4 Å². The van der Waals surface area contributed by atoms with Gasteiger partial charge in [-0.2, -0.15) is 0 Å². The van der Waals surface area contributed by atoms with Crippen LogP contribution in [-0.2, 0) is 6.42 Å². The van der Waals surface area contributed by atoms with Crippen molar-refractivity contribution in [3.05, 3.63) is 64.2 Å². The summed E-state index contributed by atoms with van der Waals surface area (Å²) >= 11 is 0. The van der Waals surface area contributed by atoms with Crippen molar-refractivity contribution in [1.82, 2.24) is 5.32 Å². The second kappa shape index (κ2) is 7.75. The molecule has 0 aromatic heterocycles. The highest BCUT2D eigenvalue weighted by Crippen LogP contribution is 2.29. The number of rotatable bonds is 2. The van der Waals surface area contributed by atoms with Gasteiger partial charge in [-0.1, -0.05) is 17.9 Å². The fourth-order valence-corrected chi connectivity index (χ4v) is 2.92. The van der Waals surface area contributed by atoms with Gasteiger partial charge in [0.25, 0.3) is 11.8 Å². The van der Waals surface area contributed by atoms with E-state index in [9.17, 15) is 9.59 Å². The SMILES string of the molecule is CNC(=O)c1cccc(C#Cc2cc3c(c(C(N)=O)c2)OCCCC3)c1. The van der Waals surface area contributed by atoms with Crippen LogP contribution in [0.3, 0.4) is 0 Å². The monoisotopic (exact) mass is 348 g/mol. The van der Waals surface area contributed by atoms with Crippen molar-refractivity contribution in [3.63, 3.8) is 0 Å². The number of ether oxygens (including phenoxy) is 1. The molecule has 2 amide bonds. The van der Waals surface area contributed by atoms with Crippen LogP contribution in [0, 0.1) is 11.8 Å². The lowest BCUT2D eigenvalue weighted by Gasteiger charge is -2.11. The topological polar surface area (TPSA) is 81.4 Å². The van der Waals surface area contributed by atoms with Gasteiger partial charge < -0.3 is 15.8 Å². The van der Waals surface area contributed by atoms with E-state index in [0.29, 0.717) is 29.0 Å². The maximum Gasteiger partial charge on any atom is 0.252 e. The second-order valence-corrected chi connectivity index (χ2v) is 6.09. The summed E-state index contributed by atoms with van der Waals surface area (Å²) < 4.78 is 5.72. The molecule has 5 heteroatoms. The van der Waals surface area contributed by atoms with Crippen molar-refractivity contribution in [2.24, 2.45) is 5.73 Å². The summed E-state index contributed by atoms with van der Waals surface area (Å²) in [6.45, 7) is 0.588. The molecule has 1 aliphatic rings. The van der Waals surface area contributed by atoms with Gasteiger partial charge in [0.05, 0.1) is 12.2 Å². The van der Waals surface area contributed by atoms with Crippen LogP contribution in [0.5, 0.6) is 5.75 Å². The van der Waals surface area contributed by atoms with E-state index in [-0.39, 0.29) is 5.91 Å². The maximum atomic E-state index is 11.8. The molecule has 1 aliphatic heterocycles. The van der Waals surface area contributed by atoms with Gasteiger partial charge in [-0.15, -0.1) is 0 Å². The van der Waals surface area contributed by atoms with Crippen molar-refractivity contribution in [2.45, 2.75) is 19.3 Å². The average Bonchev–Trinajstić information content (AvgIpc) is 2.90. The summed E-state index contributed by atoms with van der Waals surface area (Å²) in [6, 6.07) is 10.7. The molecular formula is C21H20N2O3. The van der Waals surface area contributed by atoms with Gasteiger partial charge in [0.15, 0.2) is 0 Å². The molecule has 3 N–H and O–H groups in total. The molecule has 2 aromatic carbocycles. The first-order valence-electron chi connectivity index (χ1n) is 8.52. The predicted octanol–water partition coefficient (Wildman–Crippen LogP) is 2.26. The van der Waals surface area contributed by atoms with Crippen LogP contribution in [0.1, 0.15) is 50.2 Å². The zero-order valence-corrected chi connectivity index (χ0v) is 14.6. The zero-order chi connectivity index (χ0) is 18.5. The Bertz CT molecular complexity index is 923. The maximum absolute atomic E-state index is 11.8. The first kappa shape index (κ1) is 17.6. The third-order valence-corrected chi connectivity index (χ3v) is 4.22. The minimum atomic E-state index is -0.520. The first-order chi connectivity index (χ1) is 12.6. The van der Waals surface area contributed by atoms with Crippen molar-refractivity contribution < 1.29 is 14.3 Å². The van der Waals surface area contributed by atoms with E-state index >= 15 is 0 Å². The molecule has 0 bridgehead atoms. The number of amides is 2. The van der Waals surface area contributed by atoms with E-state index in [1.165, 1.54) is 0 Å². The summed E-state index contributed by atoms with van der Waals surface area (Å²) in [4.78, 5) is 23.5. The van der Waals surface area contributed by atoms with E-state index in [2.05, 4.69) is 17.2 Å². The lowest BCUT2D eigenvalue weighted by atomic mass is 10.00. The van der Waals surface area contributed by atoms with Crippen LogP contribution >= 0.6 is 0 Å². The van der Waals surface area contributed by atoms with E-state index in [1.54, 1.807) is 31.3 Å². The lowest BCUT2D eigenvalue weighted by Crippen LogP contribution is -2.17. The Morgan fingerprint density at radius 1 is 1.12 bits per heavy atom. The number of primary amides is 1. The Kier molecular flexibility index (Phi) is 5.23. The number of hydrogen-bond acceptors (Lipinski definition) is 3. The second-order valence-electron chi connectivity index (χ2n) is 6.09. The number of nitrogens with one attached hydrogen (secondary N) is 1. The summed E-state index contributed by atoms with van der Waals surface area (Å²) in [5.41, 5.74) is 8.82. The molecule has 0 atom stereocenters. The summed E-state index contributed by atoms with van der Waals surface area (Å²) in [6.07, 6.45) is 2.77. The number of nitrogens with two attached hydrogens (primary N) is 1. The molecule has 26 heavy (non-hydrogen) atoms. The Morgan fingerprint density at radius 2 is 1.92 bits per heavy atom. The highest BCUT2D eigenvalue weighted by Gasteiger charge is 2.18. The molecule has 0 aliphatic carbocycles. The fraction of sp³-hybridized carbons (Fsp3) is 0.238. The Balaban J connectivity index is 1.98. The summed E-state index contributed by atoms with van der Waals surface area (Å²) in [5.74, 6) is 6.02. The van der Waals surface area contributed by atoms with Crippen LogP contribution in [0.25, 0.3) is 0 Å². The summed E-state index contributed by atoms with van der Waals surface area (Å²) in [7, 11) is 1.59. The highest BCUT2D eigenvalue weighted by atomic mass is 16.5. The van der Waals surface area contributed by atoms with E-state index in [1.807, 2.05) is 12.1 Å². The Labute approximate surface area is 152 Å². The van der Waals surface area contributed by atoms with Gasteiger partial charge in [-0.25, -0.2) is 0 Å². The van der Waals surface area contributed by atoms with Crippen LogP contribution < -0.4 is 15.8 Å². The predicted molar refractivity (Wildman–Crippen MR) is 99.2 cm³/mol. The largest absolute Gasteiger partial charge is 0.492 e. The summed E-state index contributed by atoms with van der Waals surface area (Å²) in [5, 5.41) is 2.59. The van der Waals surface area contributed by atoms with Gasteiger partial charge in [0.2, 0.25) is 0 Å². The quantitative estimate of drug-likeness (QED) is 0.817. The van der Waals surface area contributed by atoms with Gasteiger partial charge >= 0.3 is 0 Å². The standard InChI is InChI=1S/C21H20N2O3/c1-23-21(25)17-7-4-5-14(11-17)8-9-15-12-16-6-2-3-10-26-19(16)18(13-15)20(22)24/h4-5,7,11-13H,2-3,6,10H2,1H3,(H2,22,24)(H,23,25). The number of fused-ring (bicyclic) bond motifs is 1. The highest BCUT2D eigenvalue weighted by molar-refractivity contribution is 5.96. The molecule has 0 unspecified atom stereocenters. The molecule has 132 valence electrons. The van der Waals surface area contributed by atoms with Crippen molar-refractivity contribution in [2.75, 3.05) is 13.7 Å². The van der Waals surface area contributed by atoms with Crippen molar-refractivity contribution in [3.8, 4) is 17.6 Å². The number of carbonyl (C=O) groups is 2. The van der Waals surface area contributed by atoms with E-state index in [4.69, 9.17) is 10.5 Å². The van der Waals surface area contributed by atoms with E-state index < -0.39 is 5.91 Å². The van der Waals surface area contributed by atoms with Crippen LogP contribution in [-0.4, -0.2) is 25.5 Å². The van der Waals surface area contributed by atoms with Crippen LogP contribution in [0.4, 0.5) is 0 Å². The van der Waals surface area contributed by atoms with Crippen molar-refractivity contribution >= 4 is 11.8 Å². The smallest absolute Gasteiger partial charge is 0.252 e. The number of carbonyl (C=O) groups excluding carboxylic acids is 2. The molecule has 2 aromatic rings. The van der Waals surface area contributed by atoms with Gasteiger partial charge in [-0.05, 0) is 55.2 Å². The Hall–Kier alpha value is -3.26. The van der Waals surface area contributed by atoms with Gasteiger partial charge in [0, 0.05) is 23.7 Å². The van der Waals surface area contributed by atoms with Crippen molar-refractivity contribution in [1.29, 1.82) is 0 Å². The molecule has 5 nitrogen and oxygen atoms in total. The molecular weight excluding hydrogens is 328 g/mol. The minimum Gasteiger partial charge on any atom is -0.492 e. The average molecular weight is 348 g/mol. The normalized spacial score (nSPS) is 12.7. The molecule has 3 rings (SSSR count). The molecule has 0 saturated carbocycles.